The van der Waals surface area contributed by atoms with E-state index in [4.69, 9.17) is 9.73 Å². The predicted octanol–water partition coefficient (Wildman–Crippen LogP) is 2.16. The van der Waals surface area contributed by atoms with Gasteiger partial charge in [-0.15, -0.1) is 0 Å². The molecular weight excluding hydrogens is 338 g/mol. The second-order valence-corrected chi connectivity index (χ2v) is 7.60. The summed E-state index contributed by atoms with van der Waals surface area (Å²) >= 11 is 0. The predicted molar refractivity (Wildman–Crippen MR) is 115 cm³/mol. The smallest absolute Gasteiger partial charge is 0.191 e. The largest absolute Gasteiger partial charge is 0.379 e. The van der Waals surface area contributed by atoms with Crippen molar-refractivity contribution in [1.29, 1.82) is 0 Å². The van der Waals surface area contributed by atoms with Gasteiger partial charge in [-0.25, -0.2) is 4.99 Å². The molecule has 6 nitrogen and oxygen atoms in total. The molecule has 0 radical (unpaired) electrons. The van der Waals surface area contributed by atoms with Crippen molar-refractivity contribution in [2.75, 3.05) is 58.4 Å². The van der Waals surface area contributed by atoms with E-state index in [0.717, 1.165) is 45.4 Å². The van der Waals surface area contributed by atoms with E-state index in [1.54, 1.807) is 0 Å². The maximum atomic E-state index is 5.51. The molecule has 27 heavy (non-hydrogen) atoms. The van der Waals surface area contributed by atoms with E-state index >= 15 is 0 Å². The maximum Gasteiger partial charge on any atom is 0.191 e. The molecule has 6 heteroatoms. The molecule has 2 N–H and O–H groups in total. The Hall–Kier alpha value is -1.79. The Morgan fingerprint density at radius 1 is 1.22 bits per heavy atom. The lowest BCUT2D eigenvalue weighted by atomic mass is 10.0. The molecule has 0 spiro atoms. The third-order valence-electron chi connectivity index (χ3n) is 4.95. The monoisotopic (exact) mass is 375 g/mol. The third-order valence-corrected chi connectivity index (χ3v) is 4.95. The fourth-order valence-corrected chi connectivity index (χ4v) is 3.34. The lowest BCUT2D eigenvalue weighted by Gasteiger charge is -2.37. The minimum Gasteiger partial charge on any atom is -0.379 e. The normalized spacial score (nSPS) is 17.0. The molecule has 1 aromatic carbocycles. The number of morpholine rings is 1. The fourth-order valence-electron chi connectivity index (χ4n) is 3.34. The zero-order valence-electron chi connectivity index (χ0n) is 17.7. The van der Waals surface area contributed by atoms with Crippen LogP contribution in [-0.4, -0.2) is 70.4 Å². The Bertz CT molecular complexity index is 582. The van der Waals surface area contributed by atoms with E-state index in [2.05, 4.69) is 79.6 Å². The summed E-state index contributed by atoms with van der Waals surface area (Å²) in [6, 6.07) is 9.01. The molecule has 1 aliphatic rings. The van der Waals surface area contributed by atoms with Gasteiger partial charge in [0, 0.05) is 52.0 Å². The number of benzene rings is 1. The number of guanidine groups is 1. The van der Waals surface area contributed by atoms with Gasteiger partial charge in [-0.05, 0) is 30.5 Å². The number of nitrogens with zero attached hydrogens (tertiary/aromatic N) is 3. The Morgan fingerprint density at radius 3 is 2.59 bits per heavy atom. The molecular formula is C21H37N5O. The standard InChI is InChI=1S/C21H37N5O/c1-6-22-21(23-15-18-8-7-9-19(14-18)25(4)5)24-16-20(17(2)3)26-10-12-27-13-11-26/h7-9,14,17,20H,6,10-13,15-16H2,1-5H3,(H2,22,23,24). The Morgan fingerprint density at radius 2 is 1.96 bits per heavy atom. The molecule has 0 amide bonds. The Kier molecular flexibility index (Phi) is 8.88. The van der Waals surface area contributed by atoms with Crippen LogP contribution in [0.25, 0.3) is 0 Å². The second-order valence-electron chi connectivity index (χ2n) is 7.60. The second kappa shape index (κ2) is 11.1. The minimum absolute atomic E-state index is 0.481. The van der Waals surface area contributed by atoms with E-state index in [9.17, 15) is 0 Å². The number of ether oxygens (including phenoxy) is 1. The van der Waals surface area contributed by atoms with Crippen molar-refractivity contribution in [3.05, 3.63) is 29.8 Å². The summed E-state index contributed by atoms with van der Waals surface area (Å²) in [7, 11) is 4.12. The Balaban J connectivity index is 1.98. The molecule has 1 aromatic rings. The zero-order valence-corrected chi connectivity index (χ0v) is 17.7. The van der Waals surface area contributed by atoms with Crippen molar-refractivity contribution in [2.24, 2.45) is 10.9 Å². The van der Waals surface area contributed by atoms with Gasteiger partial charge in [0.05, 0.1) is 19.8 Å². The zero-order chi connectivity index (χ0) is 19.6. The molecule has 152 valence electrons. The van der Waals surface area contributed by atoms with Crippen molar-refractivity contribution in [3.63, 3.8) is 0 Å². The first-order valence-corrected chi connectivity index (χ1v) is 10.1. The quantitative estimate of drug-likeness (QED) is 0.539. The van der Waals surface area contributed by atoms with Crippen molar-refractivity contribution in [2.45, 2.75) is 33.4 Å². The lowest BCUT2D eigenvalue weighted by molar-refractivity contribution is 0.00752. The van der Waals surface area contributed by atoms with Crippen LogP contribution in [0, 0.1) is 5.92 Å². The molecule has 0 aliphatic carbocycles. The van der Waals surface area contributed by atoms with Crippen LogP contribution in [0.5, 0.6) is 0 Å². The molecule has 2 rings (SSSR count). The van der Waals surface area contributed by atoms with Gasteiger partial charge < -0.3 is 20.3 Å². The van der Waals surface area contributed by atoms with Crippen LogP contribution in [0.1, 0.15) is 26.3 Å². The molecule has 0 aromatic heterocycles. The van der Waals surface area contributed by atoms with Crippen LogP contribution in [0.4, 0.5) is 5.69 Å². The summed E-state index contributed by atoms with van der Waals surface area (Å²) in [5.74, 6) is 1.46. The van der Waals surface area contributed by atoms with E-state index in [-0.39, 0.29) is 0 Å². The van der Waals surface area contributed by atoms with Crippen molar-refractivity contribution in [1.82, 2.24) is 15.5 Å². The van der Waals surface area contributed by atoms with Crippen LogP contribution in [-0.2, 0) is 11.3 Å². The van der Waals surface area contributed by atoms with Gasteiger partial charge in [-0.1, -0.05) is 26.0 Å². The lowest BCUT2D eigenvalue weighted by Crippen LogP contribution is -2.52. The summed E-state index contributed by atoms with van der Waals surface area (Å²) in [4.78, 5) is 9.44. The first-order chi connectivity index (χ1) is 13.0. The molecule has 1 heterocycles. The number of anilines is 1. The van der Waals surface area contributed by atoms with E-state index < -0.39 is 0 Å². The van der Waals surface area contributed by atoms with Crippen molar-refractivity contribution < 1.29 is 4.74 Å². The minimum atomic E-state index is 0.481. The van der Waals surface area contributed by atoms with Gasteiger partial charge in [0.15, 0.2) is 5.96 Å². The van der Waals surface area contributed by atoms with Crippen molar-refractivity contribution in [3.8, 4) is 0 Å². The first-order valence-electron chi connectivity index (χ1n) is 10.1. The number of hydrogen-bond donors (Lipinski definition) is 2. The molecule has 1 unspecified atom stereocenters. The highest BCUT2D eigenvalue weighted by Gasteiger charge is 2.23. The summed E-state index contributed by atoms with van der Waals surface area (Å²) in [5, 5.41) is 6.93. The van der Waals surface area contributed by atoms with Crippen LogP contribution < -0.4 is 15.5 Å². The molecule has 1 aliphatic heterocycles. The molecule has 0 saturated carbocycles. The number of aliphatic imine (C=N–C) groups is 1. The summed E-state index contributed by atoms with van der Waals surface area (Å²) in [6.07, 6.45) is 0. The maximum absolute atomic E-state index is 5.51. The SMILES string of the molecule is CCNC(=NCc1cccc(N(C)C)c1)NCC(C(C)C)N1CCOCC1. The fraction of sp³-hybridized carbons (Fsp3) is 0.667. The number of hydrogen-bond acceptors (Lipinski definition) is 4. The summed E-state index contributed by atoms with van der Waals surface area (Å²) in [6.45, 7) is 12.8. The average Bonchev–Trinajstić information content (AvgIpc) is 2.67. The van der Waals surface area contributed by atoms with Crippen LogP contribution in [0.3, 0.4) is 0 Å². The van der Waals surface area contributed by atoms with Gasteiger partial charge in [0.25, 0.3) is 0 Å². The van der Waals surface area contributed by atoms with E-state index in [0.29, 0.717) is 18.5 Å². The molecule has 1 saturated heterocycles. The highest BCUT2D eigenvalue weighted by molar-refractivity contribution is 5.79. The molecule has 0 bridgehead atoms. The van der Waals surface area contributed by atoms with Gasteiger partial charge >= 0.3 is 0 Å². The number of nitrogens with one attached hydrogen (secondary N) is 2. The van der Waals surface area contributed by atoms with E-state index in [1.165, 1.54) is 11.3 Å². The van der Waals surface area contributed by atoms with Crippen LogP contribution >= 0.6 is 0 Å². The molecule has 1 fully saturated rings. The van der Waals surface area contributed by atoms with E-state index in [1.807, 2.05) is 0 Å². The van der Waals surface area contributed by atoms with Gasteiger partial charge in [-0.3, -0.25) is 4.90 Å². The molecule has 1 atom stereocenters. The van der Waals surface area contributed by atoms with Crippen LogP contribution in [0.15, 0.2) is 29.3 Å². The van der Waals surface area contributed by atoms with Crippen molar-refractivity contribution >= 4 is 11.6 Å². The average molecular weight is 376 g/mol. The number of rotatable bonds is 8. The van der Waals surface area contributed by atoms with Crippen LogP contribution in [0.2, 0.25) is 0 Å². The highest BCUT2D eigenvalue weighted by atomic mass is 16.5. The highest BCUT2D eigenvalue weighted by Crippen LogP contribution is 2.14. The van der Waals surface area contributed by atoms with Gasteiger partial charge in [0.1, 0.15) is 0 Å². The summed E-state index contributed by atoms with van der Waals surface area (Å²) in [5.41, 5.74) is 2.42. The van der Waals surface area contributed by atoms with Gasteiger partial charge in [0.2, 0.25) is 0 Å². The topological polar surface area (TPSA) is 52.1 Å². The third kappa shape index (κ3) is 7.03. The summed E-state index contributed by atoms with van der Waals surface area (Å²) < 4.78 is 5.51. The Labute approximate surface area is 165 Å². The van der Waals surface area contributed by atoms with Gasteiger partial charge in [-0.2, -0.15) is 0 Å². The first kappa shape index (κ1) is 21.5.